The largest absolute Gasteiger partial charge is 0.354 e. The van der Waals surface area contributed by atoms with Crippen molar-refractivity contribution in [2.45, 2.75) is 44.8 Å². The van der Waals surface area contributed by atoms with E-state index < -0.39 is 5.54 Å². The summed E-state index contributed by atoms with van der Waals surface area (Å²) < 4.78 is 0. The molecule has 2 aromatic rings. The molecule has 0 radical (unpaired) electrons. The molecule has 0 unspecified atom stereocenters. The topological polar surface area (TPSA) is 44.4 Å². The first kappa shape index (κ1) is 20.7. The molecule has 2 aromatic carbocycles. The van der Waals surface area contributed by atoms with Gasteiger partial charge in [-0.1, -0.05) is 74.5 Å². The van der Waals surface area contributed by atoms with E-state index in [4.69, 9.17) is 0 Å². The number of nitrogens with zero attached hydrogens (tertiary/aromatic N) is 1. The van der Waals surface area contributed by atoms with Crippen LogP contribution < -0.4 is 10.6 Å². The summed E-state index contributed by atoms with van der Waals surface area (Å²) in [5.41, 5.74) is 2.25. The van der Waals surface area contributed by atoms with Gasteiger partial charge in [-0.2, -0.15) is 0 Å². The number of carbonyl (C=O) groups is 1. The maximum atomic E-state index is 13.7. The van der Waals surface area contributed by atoms with Gasteiger partial charge in [0, 0.05) is 38.1 Å². The van der Waals surface area contributed by atoms with Gasteiger partial charge in [0.1, 0.15) is 5.54 Å². The predicted molar refractivity (Wildman–Crippen MR) is 124 cm³/mol. The first-order valence-electron chi connectivity index (χ1n) is 11.9. The Bertz CT molecular complexity index is 899. The number of amides is 1. The minimum Gasteiger partial charge on any atom is -0.354 e. The first-order valence-corrected chi connectivity index (χ1v) is 11.9. The van der Waals surface area contributed by atoms with Gasteiger partial charge in [-0.05, 0) is 41.7 Å². The summed E-state index contributed by atoms with van der Waals surface area (Å²) in [6, 6.07) is 22.0. The number of hydrogen-bond acceptors (Lipinski definition) is 3. The van der Waals surface area contributed by atoms with Crippen LogP contribution in [0.5, 0.6) is 0 Å². The van der Waals surface area contributed by atoms with Crippen LogP contribution in [0.4, 0.5) is 0 Å². The van der Waals surface area contributed by atoms with Crippen LogP contribution in [-0.2, 0) is 17.8 Å². The number of piperidine rings is 2. The highest BCUT2D eigenvalue weighted by Gasteiger charge is 2.64. The van der Waals surface area contributed by atoms with Gasteiger partial charge in [-0.15, -0.1) is 0 Å². The van der Waals surface area contributed by atoms with E-state index in [-0.39, 0.29) is 11.8 Å². The molecule has 0 spiro atoms. The van der Waals surface area contributed by atoms with E-state index in [1.807, 2.05) is 0 Å². The molecule has 164 valence electrons. The van der Waals surface area contributed by atoms with Crippen LogP contribution in [-0.4, -0.2) is 42.0 Å². The third-order valence-corrected chi connectivity index (χ3v) is 7.82. The molecule has 1 aliphatic carbocycles. The Morgan fingerprint density at radius 1 is 1.10 bits per heavy atom. The molecule has 1 amide bonds. The van der Waals surface area contributed by atoms with E-state index in [9.17, 15) is 4.79 Å². The zero-order valence-electron chi connectivity index (χ0n) is 18.8. The van der Waals surface area contributed by atoms with Crippen LogP contribution in [0.25, 0.3) is 0 Å². The summed E-state index contributed by atoms with van der Waals surface area (Å²) >= 11 is 0. The van der Waals surface area contributed by atoms with E-state index in [1.54, 1.807) is 0 Å². The second-order valence-corrected chi connectivity index (χ2v) is 10.3. The molecule has 3 saturated heterocycles. The lowest BCUT2D eigenvalue weighted by Gasteiger charge is -2.56. The standard InChI is InChI=1S/C27H35N3O/c1-19(2)15-28-26(31)27-14-22-18-30(17-21-11-7-4-8-12-21)25(23(22)16-29-27)24(27)13-20-9-5-3-6-10-20/h3-12,19,22-25,29H,13-18H2,1-2H3,(H,28,31)/t22-,23-,24+,25-,27+/m1/s1. The molecule has 4 bridgehead atoms. The zero-order valence-corrected chi connectivity index (χ0v) is 18.8. The number of rotatable bonds is 7. The summed E-state index contributed by atoms with van der Waals surface area (Å²) in [7, 11) is 0. The Labute approximate surface area is 186 Å². The lowest BCUT2D eigenvalue weighted by Crippen LogP contribution is -2.74. The van der Waals surface area contributed by atoms with Crippen LogP contribution in [0.2, 0.25) is 0 Å². The number of fused-ring (bicyclic) bond motifs is 1. The molecule has 4 nitrogen and oxygen atoms in total. The third kappa shape index (κ3) is 3.81. The molecular formula is C27H35N3O. The Balaban J connectivity index is 1.47. The van der Waals surface area contributed by atoms with Crippen molar-refractivity contribution < 1.29 is 4.79 Å². The molecule has 4 fully saturated rings. The fourth-order valence-corrected chi connectivity index (χ4v) is 6.47. The average molecular weight is 418 g/mol. The summed E-state index contributed by atoms with van der Waals surface area (Å²) in [6.45, 7) is 8.11. The van der Waals surface area contributed by atoms with Crippen LogP contribution >= 0.6 is 0 Å². The number of carbonyl (C=O) groups excluding carboxylic acids is 1. The number of hydrogen-bond donors (Lipinski definition) is 2. The van der Waals surface area contributed by atoms with Crippen LogP contribution in [0, 0.1) is 23.7 Å². The molecular weight excluding hydrogens is 382 g/mol. The third-order valence-electron chi connectivity index (χ3n) is 7.82. The van der Waals surface area contributed by atoms with Crippen molar-refractivity contribution in [2.75, 3.05) is 19.6 Å². The molecule has 4 aliphatic rings. The predicted octanol–water partition coefficient (Wildman–Crippen LogP) is 3.48. The second-order valence-electron chi connectivity index (χ2n) is 10.3. The number of nitrogens with one attached hydrogen (secondary N) is 2. The first-order chi connectivity index (χ1) is 15.1. The van der Waals surface area contributed by atoms with Gasteiger partial charge in [0.15, 0.2) is 0 Å². The van der Waals surface area contributed by atoms with Gasteiger partial charge in [-0.3, -0.25) is 9.69 Å². The number of likely N-dealkylation sites (tertiary alicyclic amines) is 1. The van der Waals surface area contributed by atoms with Crippen LogP contribution in [0.15, 0.2) is 60.7 Å². The molecule has 1 saturated carbocycles. The molecule has 3 heterocycles. The molecule has 0 aromatic heterocycles. The molecule has 3 aliphatic heterocycles. The molecule has 6 rings (SSSR count). The SMILES string of the molecule is CC(C)CNC(=O)[C@@]12C[C@@H]3CN(Cc4ccccc4)[C@H]([C@@H]3CN1)[C@@H]2Cc1ccccc1. The van der Waals surface area contributed by atoms with Gasteiger partial charge in [-0.25, -0.2) is 0 Å². The van der Waals surface area contributed by atoms with E-state index in [1.165, 1.54) is 11.1 Å². The van der Waals surface area contributed by atoms with Gasteiger partial charge in [0.2, 0.25) is 5.91 Å². The molecule has 4 heteroatoms. The fraction of sp³-hybridized carbons (Fsp3) is 0.519. The number of benzene rings is 2. The van der Waals surface area contributed by atoms with Gasteiger partial charge >= 0.3 is 0 Å². The molecule has 2 N–H and O–H groups in total. The van der Waals surface area contributed by atoms with Gasteiger partial charge < -0.3 is 10.6 Å². The summed E-state index contributed by atoms with van der Waals surface area (Å²) in [5, 5.41) is 7.07. The van der Waals surface area contributed by atoms with Crippen LogP contribution in [0.3, 0.4) is 0 Å². The van der Waals surface area contributed by atoms with E-state index in [2.05, 4.69) is 90.0 Å². The maximum absolute atomic E-state index is 13.7. The van der Waals surface area contributed by atoms with Crippen LogP contribution in [0.1, 0.15) is 31.4 Å². The van der Waals surface area contributed by atoms with Crippen molar-refractivity contribution in [3.63, 3.8) is 0 Å². The zero-order chi connectivity index (χ0) is 21.4. The Morgan fingerprint density at radius 3 is 2.45 bits per heavy atom. The monoisotopic (exact) mass is 417 g/mol. The summed E-state index contributed by atoms with van der Waals surface area (Å²) in [5.74, 6) is 2.20. The molecule has 31 heavy (non-hydrogen) atoms. The van der Waals surface area contributed by atoms with Gasteiger partial charge in [0.25, 0.3) is 0 Å². The minimum absolute atomic E-state index is 0.219. The van der Waals surface area contributed by atoms with Crippen molar-refractivity contribution >= 4 is 5.91 Å². The lowest BCUT2D eigenvalue weighted by atomic mass is 9.58. The van der Waals surface area contributed by atoms with Gasteiger partial charge in [0.05, 0.1) is 0 Å². The Morgan fingerprint density at radius 2 is 1.77 bits per heavy atom. The minimum atomic E-state index is -0.458. The van der Waals surface area contributed by atoms with E-state index in [0.29, 0.717) is 23.8 Å². The maximum Gasteiger partial charge on any atom is 0.240 e. The summed E-state index contributed by atoms with van der Waals surface area (Å²) in [6.07, 6.45) is 1.91. The van der Waals surface area contributed by atoms with E-state index >= 15 is 0 Å². The van der Waals surface area contributed by atoms with Crippen molar-refractivity contribution in [3.05, 3.63) is 71.8 Å². The highest BCUT2D eigenvalue weighted by Crippen LogP contribution is 2.53. The highest BCUT2D eigenvalue weighted by molar-refractivity contribution is 5.87. The second kappa shape index (κ2) is 8.40. The van der Waals surface area contributed by atoms with Crippen molar-refractivity contribution in [1.29, 1.82) is 0 Å². The Hall–Kier alpha value is -2.17. The fourth-order valence-electron chi connectivity index (χ4n) is 6.47. The Kier molecular flexibility index (Phi) is 5.61. The van der Waals surface area contributed by atoms with Crippen molar-refractivity contribution in [1.82, 2.24) is 15.5 Å². The van der Waals surface area contributed by atoms with Crippen molar-refractivity contribution in [3.8, 4) is 0 Å². The van der Waals surface area contributed by atoms with Crippen molar-refractivity contribution in [2.24, 2.45) is 23.7 Å². The summed E-state index contributed by atoms with van der Waals surface area (Å²) in [4.78, 5) is 16.4. The lowest BCUT2D eigenvalue weighted by molar-refractivity contribution is -0.138. The smallest absolute Gasteiger partial charge is 0.240 e. The normalized spacial score (nSPS) is 31.8. The molecule has 5 atom stereocenters. The van der Waals surface area contributed by atoms with E-state index in [0.717, 1.165) is 39.0 Å². The average Bonchev–Trinajstić information content (AvgIpc) is 3.08. The highest BCUT2D eigenvalue weighted by atomic mass is 16.2. The quantitative estimate of drug-likeness (QED) is 0.725.